The van der Waals surface area contributed by atoms with E-state index >= 15 is 0 Å². The molecule has 0 bridgehead atoms. The molecule has 0 radical (unpaired) electrons. The summed E-state index contributed by atoms with van der Waals surface area (Å²) in [6, 6.07) is 0. The van der Waals surface area contributed by atoms with Crippen molar-refractivity contribution >= 4 is 5.97 Å². The second kappa shape index (κ2) is 1.97. The summed E-state index contributed by atoms with van der Waals surface area (Å²) in [5, 5.41) is 0. The van der Waals surface area contributed by atoms with Crippen molar-refractivity contribution in [3.8, 4) is 0 Å². The molecule has 0 aromatic rings. The minimum Gasteiger partial charge on any atom is -0.451 e. The highest BCUT2D eigenvalue weighted by atomic mass is 16.6. The van der Waals surface area contributed by atoms with Gasteiger partial charge in [0.15, 0.2) is 0 Å². The summed E-state index contributed by atoms with van der Waals surface area (Å²) >= 11 is 0. The van der Waals surface area contributed by atoms with Crippen molar-refractivity contribution in [3.63, 3.8) is 0 Å². The molecular formula is C8H10O2. The summed E-state index contributed by atoms with van der Waals surface area (Å²) in [4.78, 5) is 10.8. The van der Waals surface area contributed by atoms with Crippen LogP contribution in [0.1, 0.15) is 13.3 Å². The van der Waals surface area contributed by atoms with E-state index in [1.165, 1.54) is 0 Å². The van der Waals surface area contributed by atoms with Gasteiger partial charge in [0.25, 0.3) is 0 Å². The summed E-state index contributed by atoms with van der Waals surface area (Å²) in [5.41, 5.74) is 0.0242. The zero-order valence-corrected chi connectivity index (χ0v) is 6.02. The molecule has 10 heavy (non-hydrogen) atoms. The van der Waals surface area contributed by atoms with Crippen molar-refractivity contribution in [3.05, 3.63) is 24.8 Å². The van der Waals surface area contributed by atoms with E-state index in [1.54, 1.807) is 6.08 Å². The van der Waals surface area contributed by atoms with Gasteiger partial charge in [-0.3, -0.25) is 0 Å². The molecule has 0 aliphatic carbocycles. The van der Waals surface area contributed by atoms with Crippen LogP contribution in [0.3, 0.4) is 0 Å². The van der Waals surface area contributed by atoms with Crippen LogP contribution in [0.5, 0.6) is 0 Å². The third-order valence-corrected chi connectivity index (χ3v) is 1.61. The third-order valence-electron chi connectivity index (χ3n) is 1.61. The third kappa shape index (κ3) is 0.967. The Hall–Kier alpha value is -1.05. The average molecular weight is 138 g/mol. The van der Waals surface area contributed by atoms with Crippen molar-refractivity contribution in [1.29, 1.82) is 0 Å². The van der Waals surface area contributed by atoms with Crippen LogP contribution >= 0.6 is 0 Å². The Morgan fingerprint density at radius 2 is 2.40 bits per heavy atom. The molecule has 0 N–H and O–H groups in total. The Morgan fingerprint density at radius 1 is 1.80 bits per heavy atom. The van der Waals surface area contributed by atoms with Crippen LogP contribution in [0, 0.1) is 0 Å². The monoisotopic (exact) mass is 138 g/mol. The number of ether oxygens (including phenoxy) is 1. The molecule has 1 unspecified atom stereocenters. The summed E-state index contributed by atoms with van der Waals surface area (Å²) < 4.78 is 4.95. The molecule has 0 saturated carbocycles. The second-order valence-corrected chi connectivity index (χ2v) is 2.69. The van der Waals surface area contributed by atoms with Crippen molar-refractivity contribution in [2.24, 2.45) is 0 Å². The Morgan fingerprint density at radius 3 is 2.60 bits per heavy atom. The lowest BCUT2D eigenvalue weighted by Crippen LogP contribution is -2.19. The zero-order chi connectivity index (χ0) is 7.78. The Balaban J connectivity index is 2.83. The van der Waals surface area contributed by atoms with Crippen LogP contribution in [0.4, 0.5) is 0 Å². The molecule has 54 valence electrons. The van der Waals surface area contributed by atoms with Gasteiger partial charge < -0.3 is 4.74 Å². The lowest BCUT2D eigenvalue weighted by atomic mass is 10.0. The van der Waals surface area contributed by atoms with E-state index in [0.29, 0.717) is 12.0 Å². The van der Waals surface area contributed by atoms with E-state index in [-0.39, 0.29) is 5.97 Å². The summed E-state index contributed by atoms with van der Waals surface area (Å²) in [6.07, 6.45) is 2.19. The Labute approximate surface area is 60.2 Å². The smallest absolute Gasteiger partial charge is 0.334 e. The van der Waals surface area contributed by atoms with Crippen molar-refractivity contribution in [2.45, 2.75) is 18.9 Å². The molecule has 0 aromatic carbocycles. The molecule has 0 aromatic heterocycles. The first kappa shape index (κ1) is 7.06. The molecule has 1 saturated heterocycles. The first-order valence-corrected chi connectivity index (χ1v) is 3.12. The molecule has 2 heteroatoms. The van der Waals surface area contributed by atoms with E-state index in [2.05, 4.69) is 13.2 Å². The van der Waals surface area contributed by atoms with Gasteiger partial charge in [-0.2, -0.15) is 0 Å². The first-order chi connectivity index (χ1) is 4.57. The second-order valence-electron chi connectivity index (χ2n) is 2.69. The van der Waals surface area contributed by atoms with E-state index in [4.69, 9.17) is 4.74 Å². The number of carbonyl (C=O) groups is 1. The average Bonchev–Trinajstić information content (AvgIpc) is 2.10. The molecule has 1 aliphatic rings. The lowest BCUT2D eigenvalue weighted by Gasteiger charge is -2.15. The van der Waals surface area contributed by atoms with Gasteiger partial charge in [-0.05, 0) is 13.0 Å². The van der Waals surface area contributed by atoms with Gasteiger partial charge in [0, 0.05) is 12.0 Å². The van der Waals surface area contributed by atoms with E-state index < -0.39 is 5.60 Å². The number of carbonyl (C=O) groups excluding carboxylic acids is 1. The van der Waals surface area contributed by atoms with Gasteiger partial charge >= 0.3 is 5.97 Å². The number of hydrogen-bond donors (Lipinski definition) is 0. The van der Waals surface area contributed by atoms with Crippen LogP contribution in [-0.2, 0) is 9.53 Å². The molecule has 1 aliphatic heterocycles. The highest BCUT2D eigenvalue weighted by Crippen LogP contribution is 2.29. The van der Waals surface area contributed by atoms with E-state index in [9.17, 15) is 4.79 Å². The minimum absolute atomic E-state index is 0.303. The van der Waals surface area contributed by atoms with Crippen molar-refractivity contribution in [1.82, 2.24) is 0 Å². The maximum atomic E-state index is 10.8. The SMILES string of the molecule is C=CC1(C)CC(=C)C(=O)O1. The van der Waals surface area contributed by atoms with Gasteiger partial charge in [-0.1, -0.05) is 13.2 Å². The number of cyclic esters (lactones) is 1. The fourth-order valence-corrected chi connectivity index (χ4v) is 0.930. The van der Waals surface area contributed by atoms with Crippen LogP contribution in [-0.4, -0.2) is 11.6 Å². The molecular weight excluding hydrogens is 128 g/mol. The number of esters is 1. The molecule has 0 amide bonds. The topological polar surface area (TPSA) is 26.3 Å². The first-order valence-electron chi connectivity index (χ1n) is 3.12. The molecule has 1 fully saturated rings. The quantitative estimate of drug-likeness (QED) is 0.311. The number of hydrogen-bond acceptors (Lipinski definition) is 2. The van der Waals surface area contributed by atoms with E-state index in [1.807, 2.05) is 6.92 Å². The van der Waals surface area contributed by atoms with Crippen LogP contribution < -0.4 is 0 Å². The Bertz CT molecular complexity index is 187. The highest BCUT2D eigenvalue weighted by Gasteiger charge is 2.35. The largest absolute Gasteiger partial charge is 0.451 e. The molecule has 1 rings (SSSR count). The Kier molecular flexibility index (Phi) is 1.39. The van der Waals surface area contributed by atoms with E-state index in [0.717, 1.165) is 0 Å². The standard InChI is InChI=1S/C8H10O2/c1-4-8(3)5-6(2)7(9)10-8/h4H,1-2,5H2,3H3. The molecule has 2 nitrogen and oxygen atoms in total. The molecule has 0 spiro atoms. The van der Waals surface area contributed by atoms with Gasteiger partial charge in [0.2, 0.25) is 0 Å². The lowest BCUT2D eigenvalue weighted by molar-refractivity contribution is -0.141. The number of rotatable bonds is 1. The highest BCUT2D eigenvalue weighted by molar-refractivity contribution is 5.90. The van der Waals surface area contributed by atoms with Crippen LogP contribution in [0.2, 0.25) is 0 Å². The summed E-state index contributed by atoms with van der Waals surface area (Å²) in [7, 11) is 0. The zero-order valence-electron chi connectivity index (χ0n) is 6.02. The van der Waals surface area contributed by atoms with Crippen LogP contribution in [0.25, 0.3) is 0 Å². The fourth-order valence-electron chi connectivity index (χ4n) is 0.930. The molecule has 1 atom stereocenters. The maximum Gasteiger partial charge on any atom is 0.334 e. The minimum atomic E-state index is -0.506. The van der Waals surface area contributed by atoms with Gasteiger partial charge in [0.1, 0.15) is 5.60 Å². The predicted molar refractivity (Wildman–Crippen MR) is 38.5 cm³/mol. The molecule has 1 heterocycles. The summed E-state index contributed by atoms with van der Waals surface area (Å²) in [6.45, 7) is 8.94. The van der Waals surface area contributed by atoms with Gasteiger partial charge in [-0.25, -0.2) is 4.79 Å². The van der Waals surface area contributed by atoms with Crippen LogP contribution in [0.15, 0.2) is 24.8 Å². The maximum absolute atomic E-state index is 10.8. The van der Waals surface area contributed by atoms with Gasteiger partial charge in [0.05, 0.1) is 0 Å². The van der Waals surface area contributed by atoms with Crippen molar-refractivity contribution < 1.29 is 9.53 Å². The normalized spacial score (nSPS) is 32.1. The summed E-state index contributed by atoms with van der Waals surface area (Å²) in [5.74, 6) is -0.303. The fraction of sp³-hybridized carbons (Fsp3) is 0.375. The van der Waals surface area contributed by atoms with Crippen molar-refractivity contribution in [2.75, 3.05) is 0 Å². The van der Waals surface area contributed by atoms with Gasteiger partial charge in [-0.15, -0.1) is 0 Å². The predicted octanol–water partition coefficient (Wildman–Crippen LogP) is 1.43.